The summed E-state index contributed by atoms with van der Waals surface area (Å²) in [5.41, 5.74) is 14.2. The van der Waals surface area contributed by atoms with Crippen LogP contribution < -0.4 is 19.9 Å². The van der Waals surface area contributed by atoms with Gasteiger partial charge in [0.1, 0.15) is 0 Å². The van der Waals surface area contributed by atoms with Crippen LogP contribution in [0.25, 0.3) is 109 Å². The lowest BCUT2D eigenvalue weighted by atomic mass is 9.95. The number of nitrogens with one attached hydrogen (secondary N) is 4. The normalized spacial score (nSPS) is 10.3. The maximum absolute atomic E-state index is 8.25. The van der Waals surface area contributed by atoms with E-state index in [1.54, 1.807) is 0 Å². The van der Waals surface area contributed by atoms with Crippen LogP contribution in [0.4, 0.5) is 0 Å². The molecule has 72 heavy (non-hydrogen) atoms. The van der Waals surface area contributed by atoms with Crippen molar-refractivity contribution >= 4 is 87.2 Å². The van der Waals surface area contributed by atoms with Crippen molar-refractivity contribution in [2.24, 2.45) is 0 Å². The van der Waals surface area contributed by atoms with Crippen molar-refractivity contribution in [3.8, 4) is 22.3 Å². The van der Waals surface area contributed by atoms with Crippen LogP contribution >= 0.6 is 0 Å². The summed E-state index contributed by atoms with van der Waals surface area (Å²) < 4.78 is 0. The Morgan fingerprint density at radius 1 is 0.236 bits per heavy atom. The summed E-state index contributed by atoms with van der Waals surface area (Å²) in [5.74, 6) is 0. The molecule has 4 aromatic heterocycles. The summed E-state index contributed by atoms with van der Waals surface area (Å²) in [7, 11) is 0. The summed E-state index contributed by atoms with van der Waals surface area (Å²) in [5, 5.41) is 68.8. The minimum absolute atomic E-state index is 1.15. The number of hydrogen-bond donors (Lipinski definition) is 0. The molecule has 0 aliphatic carbocycles. The first kappa shape index (κ1) is 49.2. The topological polar surface area (TPSA) is 321 Å². The SMILES string of the molecule is O=[N+]([O-])[O-].O=[N+]([O-])[O-].O=[N+]([O-])[O-].O=[N+]([O-])[O-].c1ccc2[nH+]c3cccc(-c4cccc5[nH+]c6ccccc6cc45)c3cc2c1.c1ccc2[nH+]c3cccc(-c4cccc5[nH+]c6ccccc6cc45)c3cc2c1. The van der Waals surface area contributed by atoms with Crippen molar-refractivity contribution in [2.75, 3.05) is 0 Å². The van der Waals surface area contributed by atoms with Crippen LogP contribution in [-0.2, 0) is 0 Å². The van der Waals surface area contributed by atoms with Crippen molar-refractivity contribution in [3.05, 3.63) is 255 Å². The largest absolute Gasteiger partial charge is 0.356 e. The van der Waals surface area contributed by atoms with E-state index in [2.05, 4.69) is 214 Å². The molecule has 4 heterocycles. The van der Waals surface area contributed by atoms with E-state index in [1.165, 1.54) is 65.3 Å². The van der Waals surface area contributed by atoms with Gasteiger partial charge in [0, 0.05) is 70.1 Å². The molecule has 0 aliphatic heterocycles. The van der Waals surface area contributed by atoms with Crippen LogP contribution in [0.15, 0.2) is 194 Å². The van der Waals surface area contributed by atoms with E-state index in [4.69, 9.17) is 61.3 Å². The number of aromatic nitrogens is 4. The van der Waals surface area contributed by atoms with E-state index >= 15 is 0 Å². The molecule has 0 atom stereocenters. The highest BCUT2D eigenvalue weighted by atomic mass is 16.9. The van der Waals surface area contributed by atoms with Crippen molar-refractivity contribution in [3.63, 3.8) is 0 Å². The Hall–Kier alpha value is -10.8. The first-order valence-corrected chi connectivity index (χ1v) is 21.3. The second kappa shape index (κ2) is 22.4. The maximum atomic E-state index is 8.25. The Bertz CT molecular complexity index is 3460. The highest BCUT2D eigenvalue weighted by Crippen LogP contribution is 2.35. The van der Waals surface area contributed by atoms with Crippen LogP contribution in [0.1, 0.15) is 0 Å². The third-order valence-corrected chi connectivity index (χ3v) is 11.1. The van der Waals surface area contributed by atoms with Gasteiger partial charge in [-0.25, -0.2) is 19.9 Å². The van der Waals surface area contributed by atoms with Crippen LogP contribution in [0.3, 0.4) is 0 Å². The van der Waals surface area contributed by atoms with Gasteiger partial charge in [0.15, 0.2) is 0 Å². The van der Waals surface area contributed by atoms with Gasteiger partial charge in [-0.15, -0.1) is 0 Å². The van der Waals surface area contributed by atoms with Gasteiger partial charge in [0.25, 0.3) is 0 Å². The first-order chi connectivity index (χ1) is 34.7. The molecule has 20 nitrogen and oxygen atoms in total. The predicted octanol–water partition coefficient (Wildman–Crippen LogP) is 10.2. The van der Waals surface area contributed by atoms with E-state index in [0.717, 1.165) is 44.1 Å². The molecule has 0 aliphatic rings. The Labute approximate surface area is 404 Å². The summed E-state index contributed by atoms with van der Waals surface area (Å²) >= 11 is 0. The molecule has 20 heteroatoms. The molecule has 0 amide bonds. The zero-order chi connectivity index (χ0) is 51.3. The molecule has 0 bridgehead atoms. The number of rotatable bonds is 2. The van der Waals surface area contributed by atoms with Gasteiger partial charge in [-0.3, -0.25) is 0 Å². The number of pyridine rings is 4. The molecule has 0 saturated carbocycles. The third kappa shape index (κ3) is 12.0. The van der Waals surface area contributed by atoms with Crippen molar-refractivity contribution in [2.45, 2.75) is 0 Å². The van der Waals surface area contributed by atoms with Gasteiger partial charge >= 0.3 is 0 Å². The van der Waals surface area contributed by atoms with Crippen molar-refractivity contribution in [1.29, 1.82) is 0 Å². The van der Waals surface area contributed by atoms with Crippen molar-refractivity contribution < 1.29 is 40.3 Å². The maximum Gasteiger partial charge on any atom is 0.211 e. The molecule has 0 fully saturated rings. The van der Waals surface area contributed by atoms with E-state index in [9.17, 15) is 0 Å². The van der Waals surface area contributed by atoms with Gasteiger partial charge < -0.3 is 61.3 Å². The molecular weight excluding hydrogens is 929 g/mol. The molecule has 0 spiro atoms. The lowest BCUT2D eigenvalue weighted by Gasteiger charge is -2.08. The van der Waals surface area contributed by atoms with E-state index in [1.807, 2.05) is 0 Å². The molecular formula is C52H36N8O12. The van der Waals surface area contributed by atoms with Gasteiger partial charge in [-0.1, -0.05) is 97.1 Å². The Kier molecular flexibility index (Phi) is 15.3. The van der Waals surface area contributed by atoms with E-state index < -0.39 is 20.3 Å². The highest BCUT2D eigenvalue weighted by Gasteiger charge is 2.17. The third-order valence-electron chi connectivity index (χ3n) is 11.1. The van der Waals surface area contributed by atoms with Crippen LogP contribution in [0.2, 0.25) is 0 Å². The van der Waals surface area contributed by atoms with Gasteiger partial charge in [0.05, 0.1) is 41.9 Å². The second-order valence-corrected chi connectivity index (χ2v) is 15.4. The average molecular weight is 965 g/mol. The molecule has 12 aromatic rings. The van der Waals surface area contributed by atoms with Crippen LogP contribution in [0, 0.1) is 61.3 Å². The van der Waals surface area contributed by atoms with Gasteiger partial charge in [0.2, 0.25) is 44.1 Å². The molecule has 0 unspecified atom stereocenters. The highest BCUT2D eigenvalue weighted by molar-refractivity contribution is 6.07. The fraction of sp³-hybridized carbons (Fsp3) is 0. The van der Waals surface area contributed by atoms with Crippen LogP contribution in [-0.4, -0.2) is 20.3 Å². The smallest absolute Gasteiger partial charge is 0.211 e. The first-order valence-electron chi connectivity index (χ1n) is 21.3. The van der Waals surface area contributed by atoms with E-state index in [-0.39, 0.29) is 0 Å². The lowest BCUT2D eigenvalue weighted by molar-refractivity contribution is -0.403. The molecule has 8 aromatic carbocycles. The average Bonchev–Trinajstić information content (AvgIpc) is 3.35. The zero-order valence-corrected chi connectivity index (χ0v) is 37.2. The number of hydrogen-bond acceptors (Lipinski definition) is 12. The number of para-hydroxylation sites is 4. The van der Waals surface area contributed by atoms with Gasteiger partial charge in [-0.05, 0) is 70.8 Å². The molecule has 12 rings (SSSR count). The summed E-state index contributed by atoms with van der Waals surface area (Å²) in [4.78, 5) is 47.4. The molecule has 0 radical (unpaired) electrons. The lowest BCUT2D eigenvalue weighted by Crippen LogP contribution is -2.06. The summed E-state index contributed by atoms with van der Waals surface area (Å²) in [6.07, 6.45) is 0. The minimum Gasteiger partial charge on any atom is -0.356 e. The molecule has 4 N–H and O–H groups in total. The minimum atomic E-state index is -1.75. The van der Waals surface area contributed by atoms with E-state index in [0.29, 0.717) is 0 Å². The number of benzene rings is 8. The summed E-state index contributed by atoms with van der Waals surface area (Å²) in [6.45, 7) is 0. The summed E-state index contributed by atoms with van der Waals surface area (Å²) in [6, 6.07) is 68.9. The second-order valence-electron chi connectivity index (χ2n) is 15.4. The Balaban J connectivity index is 0.000000163. The van der Waals surface area contributed by atoms with Gasteiger partial charge in [-0.2, -0.15) is 0 Å². The fourth-order valence-corrected chi connectivity index (χ4v) is 8.41. The molecule has 0 saturated heterocycles. The Morgan fingerprint density at radius 3 is 0.597 bits per heavy atom. The fourth-order valence-electron chi connectivity index (χ4n) is 8.41. The number of aromatic amines is 4. The number of fused-ring (bicyclic) bond motifs is 8. The Morgan fingerprint density at radius 2 is 0.403 bits per heavy atom. The predicted molar refractivity (Wildman–Crippen MR) is 271 cm³/mol. The monoisotopic (exact) mass is 964 g/mol. The number of H-pyrrole nitrogens is 4. The quantitative estimate of drug-likeness (QED) is 0.0887. The standard InChI is InChI=1S/2C26H16N2.4NO3/c2*1-3-11-23-17(7-1)15-21-19(9-5-13-25(21)27-23)20-10-6-14-26-22(20)16-18-8-2-4-12-24(18)28-26;4*2-1(3)4/h2*1-16H;;;;/q;;4*-1/p+4. The zero-order valence-electron chi connectivity index (χ0n) is 37.2. The van der Waals surface area contributed by atoms with Crippen LogP contribution in [0.5, 0.6) is 0 Å². The number of nitrogens with zero attached hydrogens (tertiary/aromatic N) is 4. The van der Waals surface area contributed by atoms with Crippen molar-refractivity contribution in [1.82, 2.24) is 0 Å². The molecule has 356 valence electrons.